The predicted octanol–water partition coefficient (Wildman–Crippen LogP) is 3.72. The Morgan fingerprint density at radius 2 is 1.84 bits per heavy atom. The smallest absolute Gasteiger partial charge is 0.0743 e. The lowest BCUT2D eigenvalue weighted by molar-refractivity contribution is -0.172. The van der Waals surface area contributed by atoms with E-state index in [-0.39, 0.29) is 5.41 Å². The Bertz CT molecular complexity index is 306. The van der Waals surface area contributed by atoms with Crippen LogP contribution in [0.1, 0.15) is 72.1 Å². The molecule has 0 aromatic heterocycles. The normalized spacial score (nSPS) is 48.2. The Kier molecular flexibility index (Phi) is 4.62. The number of nitrogens with two attached hydrogens (primary N) is 1. The molecule has 2 heteroatoms. The van der Waals surface area contributed by atoms with E-state index in [1.165, 1.54) is 32.1 Å². The Labute approximate surface area is 119 Å². The van der Waals surface area contributed by atoms with Gasteiger partial charge in [-0.25, -0.2) is 0 Å². The first kappa shape index (κ1) is 15.3. The van der Waals surface area contributed by atoms with Gasteiger partial charge >= 0.3 is 0 Å². The number of hydrogen-bond acceptors (Lipinski definition) is 2. The van der Waals surface area contributed by atoms with Crippen molar-refractivity contribution >= 4 is 0 Å². The molecule has 0 aromatic carbocycles. The largest absolute Gasteiger partial charge is 0.389 e. The molecule has 2 nitrogen and oxygen atoms in total. The van der Waals surface area contributed by atoms with Gasteiger partial charge in [-0.15, -0.1) is 0 Å². The molecule has 0 heterocycles. The molecule has 0 saturated heterocycles. The standard InChI is InChI=1S/C17H33NO/c1-4-15-8-6-9-16(11-15,12-18)17(19)10-5-7-13(2)14(17)3/h13-15,19H,4-12,18H2,1-3H3. The molecule has 19 heavy (non-hydrogen) atoms. The summed E-state index contributed by atoms with van der Waals surface area (Å²) in [5.74, 6) is 1.79. The van der Waals surface area contributed by atoms with E-state index in [0.717, 1.165) is 25.2 Å². The highest BCUT2D eigenvalue weighted by Gasteiger charge is 2.55. The fourth-order valence-corrected chi connectivity index (χ4v) is 4.98. The van der Waals surface area contributed by atoms with Gasteiger partial charge in [0.25, 0.3) is 0 Å². The van der Waals surface area contributed by atoms with Crippen molar-refractivity contribution in [3.63, 3.8) is 0 Å². The third-order valence-electron chi connectivity index (χ3n) is 6.66. The summed E-state index contributed by atoms with van der Waals surface area (Å²) in [6.07, 6.45) is 9.49. The van der Waals surface area contributed by atoms with Gasteiger partial charge in [0.2, 0.25) is 0 Å². The van der Waals surface area contributed by atoms with Gasteiger partial charge in [0.15, 0.2) is 0 Å². The summed E-state index contributed by atoms with van der Waals surface area (Å²) in [6, 6.07) is 0. The van der Waals surface area contributed by atoms with E-state index in [1.807, 2.05) is 0 Å². The molecular weight excluding hydrogens is 234 g/mol. The zero-order valence-corrected chi connectivity index (χ0v) is 13.1. The summed E-state index contributed by atoms with van der Waals surface area (Å²) >= 11 is 0. The van der Waals surface area contributed by atoms with Gasteiger partial charge < -0.3 is 10.8 Å². The van der Waals surface area contributed by atoms with E-state index in [9.17, 15) is 5.11 Å². The summed E-state index contributed by atoms with van der Waals surface area (Å²) in [6.45, 7) is 7.52. The molecule has 0 radical (unpaired) electrons. The van der Waals surface area contributed by atoms with Crippen LogP contribution in [-0.2, 0) is 0 Å². The SMILES string of the molecule is CCC1CCCC(CN)(C2(O)CCCC(C)C2C)C1. The van der Waals surface area contributed by atoms with Crippen LogP contribution in [0.25, 0.3) is 0 Å². The predicted molar refractivity (Wildman–Crippen MR) is 80.9 cm³/mol. The molecule has 5 unspecified atom stereocenters. The van der Waals surface area contributed by atoms with Crippen LogP contribution in [0.3, 0.4) is 0 Å². The molecule has 0 amide bonds. The summed E-state index contributed by atoms with van der Waals surface area (Å²) in [5.41, 5.74) is 5.68. The molecule has 0 aliphatic heterocycles. The highest BCUT2D eigenvalue weighted by molar-refractivity contribution is 5.07. The van der Waals surface area contributed by atoms with Crippen LogP contribution in [0.15, 0.2) is 0 Å². The van der Waals surface area contributed by atoms with E-state index < -0.39 is 5.60 Å². The van der Waals surface area contributed by atoms with Crippen LogP contribution in [0.5, 0.6) is 0 Å². The van der Waals surface area contributed by atoms with Crippen molar-refractivity contribution in [1.82, 2.24) is 0 Å². The molecule has 5 atom stereocenters. The quantitative estimate of drug-likeness (QED) is 0.818. The summed E-state index contributed by atoms with van der Waals surface area (Å²) < 4.78 is 0. The van der Waals surface area contributed by atoms with Gasteiger partial charge in [0.05, 0.1) is 5.60 Å². The zero-order chi connectivity index (χ0) is 14.1. The number of aliphatic hydroxyl groups is 1. The lowest BCUT2D eigenvalue weighted by Crippen LogP contribution is -2.60. The van der Waals surface area contributed by atoms with E-state index in [1.54, 1.807) is 0 Å². The maximum absolute atomic E-state index is 11.5. The van der Waals surface area contributed by atoms with Crippen LogP contribution in [0, 0.1) is 23.2 Å². The third-order valence-corrected chi connectivity index (χ3v) is 6.66. The second kappa shape index (κ2) is 5.73. The summed E-state index contributed by atoms with van der Waals surface area (Å²) in [5, 5.41) is 11.5. The van der Waals surface area contributed by atoms with Crippen molar-refractivity contribution in [3.8, 4) is 0 Å². The third kappa shape index (κ3) is 2.47. The van der Waals surface area contributed by atoms with Crippen LogP contribution in [0.4, 0.5) is 0 Å². The topological polar surface area (TPSA) is 46.2 Å². The van der Waals surface area contributed by atoms with Crippen LogP contribution >= 0.6 is 0 Å². The average Bonchev–Trinajstić information content (AvgIpc) is 2.44. The molecule has 2 aliphatic carbocycles. The molecule has 3 N–H and O–H groups in total. The first-order chi connectivity index (χ1) is 8.99. The average molecular weight is 267 g/mol. The van der Waals surface area contributed by atoms with Crippen molar-refractivity contribution in [3.05, 3.63) is 0 Å². The Balaban J connectivity index is 2.28. The molecule has 0 aromatic rings. The minimum atomic E-state index is -0.521. The molecule has 0 bridgehead atoms. The summed E-state index contributed by atoms with van der Waals surface area (Å²) in [7, 11) is 0. The van der Waals surface area contributed by atoms with Crippen molar-refractivity contribution < 1.29 is 5.11 Å². The second-order valence-electron chi connectivity index (χ2n) is 7.44. The lowest BCUT2D eigenvalue weighted by Gasteiger charge is -2.57. The van der Waals surface area contributed by atoms with E-state index in [0.29, 0.717) is 18.4 Å². The molecule has 2 saturated carbocycles. The van der Waals surface area contributed by atoms with Crippen LogP contribution in [-0.4, -0.2) is 17.3 Å². The van der Waals surface area contributed by atoms with Gasteiger partial charge in [-0.05, 0) is 37.0 Å². The van der Waals surface area contributed by atoms with Crippen molar-refractivity contribution in [1.29, 1.82) is 0 Å². The Morgan fingerprint density at radius 1 is 1.16 bits per heavy atom. The summed E-state index contributed by atoms with van der Waals surface area (Å²) in [4.78, 5) is 0. The van der Waals surface area contributed by atoms with Gasteiger partial charge in [0.1, 0.15) is 0 Å². The second-order valence-corrected chi connectivity index (χ2v) is 7.44. The zero-order valence-electron chi connectivity index (χ0n) is 13.1. The lowest BCUT2D eigenvalue weighted by atomic mass is 9.52. The van der Waals surface area contributed by atoms with Crippen molar-refractivity contribution in [2.45, 2.75) is 77.7 Å². The molecule has 2 aliphatic rings. The number of rotatable bonds is 3. The van der Waals surface area contributed by atoms with E-state index in [2.05, 4.69) is 20.8 Å². The van der Waals surface area contributed by atoms with Gasteiger partial charge in [-0.2, -0.15) is 0 Å². The van der Waals surface area contributed by atoms with Gasteiger partial charge in [-0.1, -0.05) is 52.9 Å². The Hall–Kier alpha value is -0.0800. The maximum atomic E-state index is 11.5. The van der Waals surface area contributed by atoms with Gasteiger partial charge in [-0.3, -0.25) is 0 Å². The first-order valence-electron chi connectivity index (χ1n) is 8.41. The number of hydrogen-bond donors (Lipinski definition) is 2. The molecule has 112 valence electrons. The molecular formula is C17H33NO. The fraction of sp³-hybridized carbons (Fsp3) is 1.00. The maximum Gasteiger partial charge on any atom is 0.0743 e. The monoisotopic (exact) mass is 267 g/mol. The van der Waals surface area contributed by atoms with Crippen molar-refractivity contribution in [2.24, 2.45) is 28.9 Å². The molecule has 2 fully saturated rings. The minimum Gasteiger partial charge on any atom is -0.389 e. The van der Waals surface area contributed by atoms with Crippen LogP contribution in [0.2, 0.25) is 0 Å². The van der Waals surface area contributed by atoms with Crippen molar-refractivity contribution in [2.75, 3.05) is 6.54 Å². The highest BCUT2D eigenvalue weighted by atomic mass is 16.3. The minimum absolute atomic E-state index is 0.0139. The van der Waals surface area contributed by atoms with E-state index in [4.69, 9.17) is 5.73 Å². The first-order valence-corrected chi connectivity index (χ1v) is 8.41. The molecule has 2 rings (SSSR count). The van der Waals surface area contributed by atoms with E-state index >= 15 is 0 Å². The Morgan fingerprint density at radius 3 is 2.47 bits per heavy atom. The molecule has 0 spiro atoms. The van der Waals surface area contributed by atoms with Gasteiger partial charge in [0, 0.05) is 12.0 Å². The fourth-order valence-electron chi connectivity index (χ4n) is 4.98. The highest BCUT2D eigenvalue weighted by Crippen LogP contribution is 2.55. The van der Waals surface area contributed by atoms with Crippen LogP contribution < -0.4 is 5.73 Å².